The summed E-state index contributed by atoms with van der Waals surface area (Å²) in [6.45, 7) is 13.9. The second-order valence-electron chi connectivity index (χ2n) is 7.20. The summed E-state index contributed by atoms with van der Waals surface area (Å²) < 4.78 is 0. The Morgan fingerprint density at radius 3 is 2.25 bits per heavy atom. The summed E-state index contributed by atoms with van der Waals surface area (Å²) in [5, 5.41) is 15.6. The van der Waals surface area contributed by atoms with Gasteiger partial charge >= 0.3 is 0 Å². The van der Waals surface area contributed by atoms with Gasteiger partial charge in [0.1, 0.15) is 0 Å². The smallest absolute Gasteiger partial charge is 0.240 e. The highest BCUT2D eigenvalue weighted by Crippen LogP contribution is 2.23. The van der Waals surface area contributed by atoms with E-state index in [0.29, 0.717) is 6.42 Å². The van der Waals surface area contributed by atoms with E-state index in [2.05, 4.69) is 36.3 Å². The minimum Gasteiger partial charge on any atom is -0.396 e. The number of nitrogens with zero attached hydrogens (tertiary/aromatic N) is 1. The van der Waals surface area contributed by atoms with Crippen molar-refractivity contribution < 1.29 is 9.90 Å². The van der Waals surface area contributed by atoms with Crippen LogP contribution in [0, 0.1) is 5.41 Å². The van der Waals surface area contributed by atoms with Gasteiger partial charge in [0, 0.05) is 38.8 Å². The van der Waals surface area contributed by atoms with Gasteiger partial charge < -0.3 is 15.7 Å². The highest BCUT2D eigenvalue weighted by atomic mass is 16.3. The van der Waals surface area contributed by atoms with Gasteiger partial charge in [-0.3, -0.25) is 9.69 Å². The number of hydrogen-bond donors (Lipinski definition) is 3. The highest BCUT2D eigenvalue weighted by Gasteiger charge is 2.37. The molecule has 0 aliphatic carbocycles. The molecule has 3 N–H and O–H groups in total. The summed E-state index contributed by atoms with van der Waals surface area (Å²) in [7, 11) is 0. The van der Waals surface area contributed by atoms with Crippen molar-refractivity contribution in [3.8, 4) is 0 Å². The van der Waals surface area contributed by atoms with Crippen LogP contribution in [0.15, 0.2) is 0 Å². The molecule has 0 bridgehead atoms. The monoisotopic (exact) mass is 285 g/mol. The molecule has 1 heterocycles. The number of rotatable bonds is 5. The molecule has 5 nitrogen and oxygen atoms in total. The zero-order valence-electron chi connectivity index (χ0n) is 13.6. The van der Waals surface area contributed by atoms with Gasteiger partial charge in [-0.05, 0) is 25.7 Å². The second kappa shape index (κ2) is 6.87. The quantitative estimate of drug-likeness (QED) is 0.691. The van der Waals surface area contributed by atoms with E-state index >= 15 is 0 Å². The Hall–Kier alpha value is -0.650. The molecular weight excluding hydrogens is 254 g/mol. The van der Waals surface area contributed by atoms with Crippen molar-refractivity contribution in [2.24, 2.45) is 5.41 Å². The predicted molar refractivity (Wildman–Crippen MR) is 81.6 cm³/mol. The average molecular weight is 285 g/mol. The number of carbonyl (C=O) groups is 1. The number of aliphatic hydroxyl groups excluding tert-OH is 1. The lowest BCUT2D eigenvalue weighted by atomic mass is 9.84. The molecule has 0 saturated carbocycles. The first-order valence-corrected chi connectivity index (χ1v) is 7.57. The maximum Gasteiger partial charge on any atom is 0.240 e. The van der Waals surface area contributed by atoms with Crippen molar-refractivity contribution in [1.82, 2.24) is 15.5 Å². The van der Waals surface area contributed by atoms with E-state index in [1.807, 2.05) is 13.8 Å². The van der Waals surface area contributed by atoms with Crippen molar-refractivity contribution in [1.29, 1.82) is 0 Å². The van der Waals surface area contributed by atoms with Crippen LogP contribution in [0.3, 0.4) is 0 Å². The van der Waals surface area contributed by atoms with Crippen LogP contribution >= 0.6 is 0 Å². The molecule has 1 saturated heterocycles. The molecule has 1 aliphatic rings. The lowest BCUT2D eigenvalue weighted by Gasteiger charge is -2.42. The Kier molecular flexibility index (Phi) is 5.98. The topological polar surface area (TPSA) is 64.6 Å². The predicted octanol–water partition coefficient (Wildman–Crippen LogP) is 0.584. The molecule has 0 aromatic carbocycles. The van der Waals surface area contributed by atoms with Gasteiger partial charge in [0.05, 0.1) is 5.54 Å². The first kappa shape index (κ1) is 17.4. The Labute approximate surface area is 123 Å². The SMILES string of the molecule is CC(C)(C)C(CCO)NC(=O)C(C)(C)N1CCNCC1. The van der Waals surface area contributed by atoms with Crippen LogP contribution in [0.1, 0.15) is 41.0 Å². The van der Waals surface area contributed by atoms with Gasteiger partial charge in [-0.1, -0.05) is 20.8 Å². The number of piperazine rings is 1. The molecule has 0 aromatic heterocycles. The standard InChI is InChI=1S/C15H31N3O2/c1-14(2,3)12(6-11-19)17-13(20)15(4,5)18-9-7-16-8-10-18/h12,16,19H,6-11H2,1-5H3,(H,17,20). The Balaban J connectivity index is 2.71. The summed E-state index contributed by atoms with van der Waals surface area (Å²) in [4.78, 5) is 14.9. The highest BCUT2D eigenvalue weighted by molar-refractivity contribution is 5.85. The van der Waals surface area contributed by atoms with Crippen LogP contribution in [0.4, 0.5) is 0 Å². The molecule has 1 amide bonds. The zero-order valence-corrected chi connectivity index (χ0v) is 13.6. The van der Waals surface area contributed by atoms with E-state index in [4.69, 9.17) is 0 Å². The molecule has 0 radical (unpaired) electrons. The van der Waals surface area contributed by atoms with E-state index in [-0.39, 0.29) is 24.0 Å². The summed E-state index contributed by atoms with van der Waals surface area (Å²) in [5.41, 5.74) is -0.570. The first-order chi connectivity index (χ1) is 9.19. The molecule has 0 spiro atoms. The van der Waals surface area contributed by atoms with Crippen molar-refractivity contribution in [3.63, 3.8) is 0 Å². The number of amides is 1. The van der Waals surface area contributed by atoms with Crippen molar-refractivity contribution in [3.05, 3.63) is 0 Å². The van der Waals surface area contributed by atoms with E-state index in [0.717, 1.165) is 26.2 Å². The van der Waals surface area contributed by atoms with Crippen LogP contribution < -0.4 is 10.6 Å². The maximum absolute atomic E-state index is 12.6. The Morgan fingerprint density at radius 2 is 1.80 bits per heavy atom. The van der Waals surface area contributed by atoms with Crippen LogP contribution in [0.25, 0.3) is 0 Å². The van der Waals surface area contributed by atoms with Crippen molar-refractivity contribution in [2.75, 3.05) is 32.8 Å². The number of carbonyl (C=O) groups excluding carboxylic acids is 1. The molecule has 1 rings (SSSR count). The van der Waals surface area contributed by atoms with Gasteiger partial charge in [0.15, 0.2) is 0 Å². The van der Waals surface area contributed by atoms with Gasteiger partial charge in [-0.15, -0.1) is 0 Å². The molecule has 20 heavy (non-hydrogen) atoms. The van der Waals surface area contributed by atoms with Gasteiger partial charge in [-0.25, -0.2) is 0 Å². The third-order valence-electron chi connectivity index (χ3n) is 4.23. The van der Waals surface area contributed by atoms with E-state index in [1.54, 1.807) is 0 Å². The molecule has 1 fully saturated rings. The molecule has 1 atom stereocenters. The summed E-state index contributed by atoms with van der Waals surface area (Å²) in [6, 6.07) is -0.0119. The number of aliphatic hydroxyl groups is 1. The summed E-state index contributed by atoms with van der Waals surface area (Å²) >= 11 is 0. The fourth-order valence-electron chi connectivity index (χ4n) is 2.55. The maximum atomic E-state index is 12.6. The number of nitrogens with one attached hydrogen (secondary N) is 2. The van der Waals surface area contributed by atoms with Crippen LogP contribution in [0.5, 0.6) is 0 Å². The van der Waals surface area contributed by atoms with Crippen LogP contribution in [0.2, 0.25) is 0 Å². The summed E-state index contributed by atoms with van der Waals surface area (Å²) in [6.07, 6.45) is 0.590. The second-order valence-corrected chi connectivity index (χ2v) is 7.20. The first-order valence-electron chi connectivity index (χ1n) is 7.57. The normalized spacial score (nSPS) is 19.7. The van der Waals surface area contributed by atoms with E-state index in [9.17, 15) is 9.90 Å². The minimum atomic E-state index is -0.513. The van der Waals surface area contributed by atoms with Gasteiger partial charge in [0.2, 0.25) is 5.91 Å². The van der Waals surface area contributed by atoms with Crippen LogP contribution in [-0.4, -0.2) is 60.3 Å². The zero-order chi connectivity index (χ0) is 15.4. The average Bonchev–Trinajstić information content (AvgIpc) is 2.38. The number of hydrogen-bond acceptors (Lipinski definition) is 4. The molecule has 1 unspecified atom stereocenters. The molecule has 0 aromatic rings. The third kappa shape index (κ3) is 4.43. The van der Waals surface area contributed by atoms with Gasteiger partial charge in [-0.2, -0.15) is 0 Å². The van der Waals surface area contributed by atoms with E-state index in [1.165, 1.54) is 0 Å². The van der Waals surface area contributed by atoms with Crippen molar-refractivity contribution >= 4 is 5.91 Å². The minimum absolute atomic E-state index is 0.0119. The fraction of sp³-hybridized carbons (Fsp3) is 0.933. The van der Waals surface area contributed by atoms with Crippen molar-refractivity contribution in [2.45, 2.75) is 52.6 Å². The summed E-state index contributed by atoms with van der Waals surface area (Å²) in [5.74, 6) is 0.0489. The Bertz CT molecular complexity index is 318. The molecular formula is C15H31N3O2. The fourth-order valence-corrected chi connectivity index (χ4v) is 2.55. The molecule has 1 aliphatic heterocycles. The largest absolute Gasteiger partial charge is 0.396 e. The molecule has 5 heteroatoms. The lowest BCUT2D eigenvalue weighted by Crippen LogP contribution is -2.62. The van der Waals surface area contributed by atoms with E-state index < -0.39 is 5.54 Å². The Morgan fingerprint density at radius 1 is 1.25 bits per heavy atom. The molecule has 118 valence electrons. The van der Waals surface area contributed by atoms with Gasteiger partial charge in [0.25, 0.3) is 0 Å². The third-order valence-corrected chi connectivity index (χ3v) is 4.23. The lowest BCUT2D eigenvalue weighted by molar-refractivity contribution is -0.133. The van der Waals surface area contributed by atoms with Crippen LogP contribution in [-0.2, 0) is 4.79 Å².